The van der Waals surface area contributed by atoms with E-state index in [2.05, 4.69) is 241 Å². The van der Waals surface area contributed by atoms with Crippen LogP contribution in [0.2, 0.25) is 0 Å². The predicted octanol–water partition coefficient (Wildman–Crippen LogP) is 15.8. The minimum absolute atomic E-state index is 1.09. The maximum absolute atomic E-state index is 2.40. The molecule has 57 heavy (non-hydrogen) atoms. The minimum atomic E-state index is 1.09. The first-order chi connectivity index (χ1) is 28.3. The molecule has 0 bridgehead atoms. The van der Waals surface area contributed by atoms with Crippen molar-refractivity contribution in [3.63, 3.8) is 0 Å². The number of anilines is 3. The Morgan fingerprint density at radius 1 is 0.228 bits per heavy atom. The fraction of sp³-hybridized carbons (Fsp3) is 0. The van der Waals surface area contributed by atoms with E-state index in [-0.39, 0.29) is 0 Å². The van der Waals surface area contributed by atoms with Crippen LogP contribution in [0.25, 0.3) is 77.2 Å². The van der Waals surface area contributed by atoms with E-state index in [0.29, 0.717) is 0 Å². The molecule has 268 valence electrons. The molecule has 0 saturated carbocycles. The Morgan fingerprint density at radius 2 is 0.684 bits per heavy atom. The average Bonchev–Trinajstić information content (AvgIpc) is 3.30. The minimum Gasteiger partial charge on any atom is -0.310 e. The summed E-state index contributed by atoms with van der Waals surface area (Å²) in [5.74, 6) is 0. The van der Waals surface area contributed by atoms with Crippen molar-refractivity contribution in [2.75, 3.05) is 4.90 Å². The highest BCUT2D eigenvalue weighted by Crippen LogP contribution is 2.46. The molecule has 10 aromatic carbocycles. The third-order valence-corrected chi connectivity index (χ3v) is 11.1. The molecule has 0 aliphatic heterocycles. The first kappa shape index (κ1) is 34.0. The van der Waals surface area contributed by atoms with E-state index in [1.54, 1.807) is 0 Å². The van der Waals surface area contributed by atoms with Crippen LogP contribution in [0.4, 0.5) is 17.1 Å². The largest absolute Gasteiger partial charge is 0.310 e. The molecule has 0 unspecified atom stereocenters. The van der Waals surface area contributed by atoms with Gasteiger partial charge in [0.05, 0.1) is 5.69 Å². The Balaban J connectivity index is 1.14. The lowest BCUT2D eigenvalue weighted by Crippen LogP contribution is -2.11. The van der Waals surface area contributed by atoms with E-state index < -0.39 is 0 Å². The zero-order valence-corrected chi connectivity index (χ0v) is 31.5. The molecule has 1 heteroatoms. The van der Waals surface area contributed by atoms with Crippen LogP contribution < -0.4 is 4.90 Å². The van der Waals surface area contributed by atoms with Crippen LogP contribution in [-0.4, -0.2) is 0 Å². The van der Waals surface area contributed by atoms with Crippen LogP contribution in [0, 0.1) is 0 Å². The zero-order chi connectivity index (χ0) is 38.0. The first-order valence-corrected chi connectivity index (χ1v) is 19.6. The smallest absolute Gasteiger partial charge is 0.0540 e. The van der Waals surface area contributed by atoms with Crippen molar-refractivity contribution in [3.05, 3.63) is 237 Å². The molecular formula is C56H39N. The number of benzene rings is 10. The number of hydrogen-bond acceptors (Lipinski definition) is 1. The van der Waals surface area contributed by atoms with Crippen LogP contribution in [0.3, 0.4) is 0 Å². The summed E-state index contributed by atoms with van der Waals surface area (Å²) in [6, 6.07) is 85.5. The standard InChI is InChI=1S/C56H39N/c1-5-18-40(19-6-1)45-26-17-27-48(38-45)57(54-31-16-15-28-49(54)42-20-7-2-8-21-42)47-35-32-41(33-36-47)46-34-37-51-50-29-13-14-30-52(50)55(43-22-9-3-10-23-43)56(53(51)39-46)44-24-11-4-12-25-44/h1-39H. The molecule has 10 aromatic rings. The second-order valence-corrected chi connectivity index (χ2v) is 14.5. The maximum Gasteiger partial charge on any atom is 0.0540 e. The monoisotopic (exact) mass is 725 g/mol. The van der Waals surface area contributed by atoms with Crippen LogP contribution in [0.1, 0.15) is 0 Å². The number of rotatable bonds is 8. The summed E-state index contributed by atoms with van der Waals surface area (Å²) >= 11 is 0. The molecular weight excluding hydrogens is 687 g/mol. The van der Waals surface area contributed by atoms with Crippen molar-refractivity contribution >= 4 is 38.6 Å². The lowest BCUT2D eigenvalue weighted by Gasteiger charge is -2.28. The molecule has 0 fully saturated rings. The lowest BCUT2D eigenvalue weighted by atomic mass is 9.84. The Morgan fingerprint density at radius 3 is 1.35 bits per heavy atom. The summed E-state index contributed by atoms with van der Waals surface area (Å²) in [6.07, 6.45) is 0. The quantitative estimate of drug-likeness (QED) is 0.141. The van der Waals surface area contributed by atoms with Crippen molar-refractivity contribution in [1.82, 2.24) is 0 Å². The lowest BCUT2D eigenvalue weighted by molar-refractivity contribution is 1.28. The Hall–Kier alpha value is -7.48. The SMILES string of the molecule is c1ccc(-c2cccc(N(c3ccc(-c4ccc5c(c4)c(-c4ccccc4)c(-c4ccccc4)c4ccccc45)cc3)c3ccccc3-c3ccccc3)c2)cc1. The van der Waals surface area contributed by atoms with E-state index in [4.69, 9.17) is 0 Å². The number of hydrogen-bond donors (Lipinski definition) is 0. The summed E-state index contributed by atoms with van der Waals surface area (Å²) in [4.78, 5) is 2.39. The molecule has 10 rings (SSSR count). The Kier molecular flexibility index (Phi) is 8.95. The van der Waals surface area contributed by atoms with Gasteiger partial charge in [0.15, 0.2) is 0 Å². The fourth-order valence-electron chi connectivity index (χ4n) is 8.40. The number of fused-ring (bicyclic) bond motifs is 3. The molecule has 0 amide bonds. The fourth-order valence-corrected chi connectivity index (χ4v) is 8.40. The highest BCUT2D eigenvalue weighted by molar-refractivity contribution is 6.22. The third kappa shape index (κ3) is 6.46. The van der Waals surface area contributed by atoms with Gasteiger partial charge in [0.25, 0.3) is 0 Å². The highest BCUT2D eigenvalue weighted by Gasteiger charge is 2.20. The van der Waals surface area contributed by atoms with Gasteiger partial charge in [-0.25, -0.2) is 0 Å². The molecule has 1 nitrogen and oxygen atoms in total. The molecule has 0 saturated heterocycles. The molecule has 0 aromatic heterocycles. The van der Waals surface area contributed by atoms with Gasteiger partial charge >= 0.3 is 0 Å². The van der Waals surface area contributed by atoms with E-state index in [0.717, 1.165) is 17.1 Å². The van der Waals surface area contributed by atoms with E-state index >= 15 is 0 Å². The summed E-state index contributed by atoms with van der Waals surface area (Å²) in [5, 5.41) is 5.03. The average molecular weight is 726 g/mol. The van der Waals surface area contributed by atoms with E-state index in [9.17, 15) is 0 Å². The van der Waals surface area contributed by atoms with Crippen LogP contribution in [-0.2, 0) is 0 Å². The summed E-state index contributed by atoms with van der Waals surface area (Å²) in [5.41, 5.74) is 15.4. The maximum atomic E-state index is 2.40. The van der Waals surface area contributed by atoms with Crippen LogP contribution >= 0.6 is 0 Å². The second-order valence-electron chi connectivity index (χ2n) is 14.5. The van der Waals surface area contributed by atoms with E-state index in [1.807, 2.05) is 0 Å². The molecule has 0 aliphatic carbocycles. The Labute approximate surface area is 334 Å². The van der Waals surface area contributed by atoms with Crippen molar-refractivity contribution in [3.8, 4) is 55.6 Å². The van der Waals surface area contributed by atoms with Gasteiger partial charge in [0, 0.05) is 16.9 Å². The van der Waals surface area contributed by atoms with Crippen molar-refractivity contribution in [2.45, 2.75) is 0 Å². The van der Waals surface area contributed by atoms with Gasteiger partial charge in [-0.05, 0) is 108 Å². The number of para-hydroxylation sites is 1. The molecule has 0 atom stereocenters. The predicted molar refractivity (Wildman–Crippen MR) is 243 cm³/mol. The third-order valence-electron chi connectivity index (χ3n) is 11.1. The molecule has 0 spiro atoms. The van der Waals surface area contributed by atoms with Crippen molar-refractivity contribution < 1.29 is 0 Å². The normalized spacial score (nSPS) is 11.2. The molecule has 0 aliphatic rings. The first-order valence-electron chi connectivity index (χ1n) is 19.6. The van der Waals surface area contributed by atoms with Gasteiger partial charge in [-0.1, -0.05) is 200 Å². The summed E-state index contributed by atoms with van der Waals surface area (Å²) in [6.45, 7) is 0. The summed E-state index contributed by atoms with van der Waals surface area (Å²) < 4.78 is 0. The topological polar surface area (TPSA) is 3.24 Å². The second kappa shape index (κ2) is 15.0. The Bertz CT molecular complexity index is 2970. The van der Waals surface area contributed by atoms with E-state index in [1.165, 1.54) is 77.2 Å². The van der Waals surface area contributed by atoms with Gasteiger partial charge in [-0.15, -0.1) is 0 Å². The summed E-state index contributed by atoms with van der Waals surface area (Å²) in [7, 11) is 0. The molecule has 0 radical (unpaired) electrons. The molecule has 0 N–H and O–H groups in total. The highest BCUT2D eigenvalue weighted by atomic mass is 15.1. The van der Waals surface area contributed by atoms with Crippen LogP contribution in [0.5, 0.6) is 0 Å². The van der Waals surface area contributed by atoms with Crippen molar-refractivity contribution in [1.29, 1.82) is 0 Å². The van der Waals surface area contributed by atoms with Crippen molar-refractivity contribution in [2.24, 2.45) is 0 Å². The number of nitrogens with zero attached hydrogens (tertiary/aromatic N) is 1. The van der Waals surface area contributed by atoms with Gasteiger partial charge in [0.2, 0.25) is 0 Å². The van der Waals surface area contributed by atoms with Gasteiger partial charge < -0.3 is 4.90 Å². The zero-order valence-electron chi connectivity index (χ0n) is 31.5. The van der Waals surface area contributed by atoms with Crippen LogP contribution in [0.15, 0.2) is 237 Å². The molecule has 0 heterocycles. The van der Waals surface area contributed by atoms with Gasteiger partial charge in [-0.3, -0.25) is 0 Å². The van der Waals surface area contributed by atoms with Gasteiger partial charge in [0.1, 0.15) is 0 Å². The van der Waals surface area contributed by atoms with Gasteiger partial charge in [-0.2, -0.15) is 0 Å².